The first-order valence-corrected chi connectivity index (χ1v) is 7.64. The molecule has 2 N–H and O–H groups in total. The Morgan fingerprint density at radius 3 is 2.40 bits per heavy atom. The summed E-state index contributed by atoms with van der Waals surface area (Å²) >= 11 is 0. The van der Waals surface area contributed by atoms with Gasteiger partial charge in [0.25, 0.3) is 0 Å². The second-order valence-corrected chi connectivity index (χ2v) is 6.32. The molecule has 0 spiro atoms. The average molecular weight is 283 g/mol. The third kappa shape index (κ3) is 4.47. The Balaban J connectivity index is 2.82. The van der Waals surface area contributed by atoms with Crippen LogP contribution in [-0.4, -0.2) is 48.4 Å². The molecule has 0 bridgehead atoms. The van der Waals surface area contributed by atoms with Gasteiger partial charge in [0.1, 0.15) is 0 Å². The Morgan fingerprint density at radius 1 is 1.25 bits per heavy atom. The van der Waals surface area contributed by atoms with Crippen molar-refractivity contribution in [2.75, 3.05) is 13.6 Å². The molecule has 1 aliphatic heterocycles. The number of rotatable bonds is 6. The van der Waals surface area contributed by atoms with E-state index in [-0.39, 0.29) is 29.9 Å². The smallest absolute Gasteiger partial charge is 0.237 e. The predicted molar refractivity (Wildman–Crippen MR) is 80.3 cm³/mol. The summed E-state index contributed by atoms with van der Waals surface area (Å²) in [5, 5.41) is 5.70. The fourth-order valence-corrected chi connectivity index (χ4v) is 2.83. The van der Waals surface area contributed by atoms with Crippen molar-refractivity contribution in [2.24, 2.45) is 5.92 Å². The number of hydrogen-bond acceptors (Lipinski definition) is 3. The zero-order chi connectivity index (χ0) is 15.3. The van der Waals surface area contributed by atoms with Gasteiger partial charge >= 0.3 is 0 Å². The molecular weight excluding hydrogens is 254 g/mol. The van der Waals surface area contributed by atoms with Crippen LogP contribution in [0.25, 0.3) is 0 Å². The van der Waals surface area contributed by atoms with Crippen molar-refractivity contribution in [3.63, 3.8) is 0 Å². The van der Waals surface area contributed by atoms with Gasteiger partial charge in [0, 0.05) is 13.1 Å². The summed E-state index contributed by atoms with van der Waals surface area (Å²) in [6.07, 6.45) is 2.59. The number of likely N-dealkylation sites (N-methyl/N-ethyl adjacent to an activating group) is 1. The summed E-state index contributed by atoms with van der Waals surface area (Å²) in [5.74, 6) is 0.491. The van der Waals surface area contributed by atoms with Gasteiger partial charge in [0.15, 0.2) is 0 Å². The van der Waals surface area contributed by atoms with E-state index in [0.717, 1.165) is 25.8 Å². The molecule has 0 saturated carbocycles. The van der Waals surface area contributed by atoms with Crippen LogP contribution in [0.4, 0.5) is 0 Å². The Morgan fingerprint density at radius 2 is 1.90 bits per heavy atom. The highest BCUT2D eigenvalue weighted by molar-refractivity contribution is 5.85. The van der Waals surface area contributed by atoms with Crippen LogP contribution < -0.4 is 10.6 Å². The molecule has 20 heavy (non-hydrogen) atoms. The van der Waals surface area contributed by atoms with Crippen LogP contribution in [0.1, 0.15) is 47.0 Å². The highest BCUT2D eigenvalue weighted by Crippen LogP contribution is 2.24. The third-order valence-corrected chi connectivity index (χ3v) is 3.67. The largest absolute Gasteiger partial charge is 0.358 e. The van der Waals surface area contributed by atoms with Crippen molar-refractivity contribution in [1.82, 2.24) is 15.5 Å². The molecule has 1 saturated heterocycles. The highest BCUT2D eigenvalue weighted by Gasteiger charge is 2.38. The van der Waals surface area contributed by atoms with Crippen LogP contribution in [0.15, 0.2) is 0 Å². The van der Waals surface area contributed by atoms with E-state index in [1.54, 1.807) is 7.05 Å². The van der Waals surface area contributed by atoms with Gasteiger partial charge in [-0.15, -0.1) is 0 Å². The van der Waals surface area contributed by atoms with Gasteiger partial charge < -0.3 is 10.6 Å². The highest BCUT2D eigenvalue weighted by atomic mass is 16.2. The minimum absolute atomic E-state index is 0.0166. The van der Waals surface area contributed by atoms with Crippen molar-refractivity contribution in [3.05, 3.63) is 0 Å². The van der Waals surface area contributed by atoms with Gasteiger partial charge in [-0.3, -0.25) is 14.5 Å². The van der Waals surface area contributed by atoms with Crippen molar-refractivity contribution < 1.29 is 9.59 Å². The molecule has 1 rings (SSSR count). The molecule has 2 unspecified atom stereocenters. The van der Waals surface area contributed by atoms with E-state index in [4.69, 9.17) is 0 Å². The summed E-state index contributed by atoms with van der Waals surface area (Å²) in [4.78, 5) is 26.5. The maximum atomic E-state index is 12.3. The third-order valence-electron chi connectivity index (χ3n) is 3.67. The van der Waals surface area contributed by atoms with E-state index in [1.807, 2.05) is 13.8 Å². The van der Waals surface area contributed by atoms with E-state index >= 15 is 0 Å². The Labute approximate surface area is 122 Å². The van der Waals surface area contributed by atoms with Crippen LogP contribution in [0.2, 0.25) is 0 Å². The van der Waals surface area contributed by atoms with E-state index in [0.29, 0.717) is 5.92 Å². The summed E-state index contributed by atoms with van der Waals surface area (Å²) in [5.41, 5.74) is 0. The first-order valence-electron chi connectivity index (χ1n) is 7.64. The molecule has 0 aromatic heterocycles. The lowest BCUT2D eigenvalue weighted by molar-refractivity contribution is -0.131. The molecule has 5 heteroatoms. The maximum absolute atomic E-state index is 12.3. The van der Waals surface area contributed by atoms with Gasteiger partial charge in [-0.1, -0.05) is 13.8 Å². The van der Waals surface area contributed by atoms with E-state index < -0.39 is 0 Å². The standard InChI is InChI=1S/C15H29N3O2/c1-10(2)9-13(14(19)16-5)18-8-6-7-12(18)15(20)17-11(3)4/h10-13H,6-9H2,1-5H3,(H,16,19)(H,17,20). The minimum Gasteiger partial charge on any atom is -0.358 e. The molecule has 0 aromatic carbocycles. The minimum atomic E-state index is -0.203. The van der Waals surface area contributed by atoms with Crippen molar-refractivity contribution in [1.29, 1.82) is 0 Å². The van der Waals surface area contributed by atoms with Crippen molar-refractivity contribution >= 4 is 11.8 Å². The Hall–Kier alpha value is -1.10. The van der Waals surface area contributed by atoms with E-state index in [2.05, 4.69) is 29.4 Å². The lowest BCUT2D eigenvalue weighted by Gasteiger charge is -2.32. The lowest BCUT2D eigenvalue weighted by Crippen LogP contribution is -2.54. The monoisotopic (exact) mass is 283 g/mol. The molecule has 1 fully saturated rings. The maximum Gasteiger partial charge on any atom is 0.237 e. The lowest BCUT2D eigenvalue weighted by atomic mass is 10.0. The Bertz CT molecular complexity index is 342. The first-order chi connectivity index (χ1) is 9.36. The molecule has 0 radical (unpaired) electrons. The fourth-order valence-electron chi connectivity index (χ4n) is 2.83. The number of hydrogen-bond donors (Lipinski definition) is 2. The topological polar surface area (TPSA) is 61.4 Å². The molecule has 2 atom stereocenters. The second-order valence-electron chi connectivity index (χ2n) is 6.32. The van der Waals surface area contributed by atoms with Gasteiger partial charge in [-0.05, 0) is 45.6 Å². The molecule has 2 amide bonds. The average Bonchev–Trinajstić information content (AvgIpc) is 2.82. The van der Waals surface area contributed by atoms with E-state index in [9.17, 15) is 9.59 Å². The molecule has 1 aliphatic rings. The summed E-state index contributed by atoms with van der Waals surface area (Å²) in [7, 11) is 1.66. The molecule has 1 heterocycles. The zero-order valence-corrected chi connectivity index (χ0v) is 13.4. The second kappa shape index (κ2) is 7.62. The van der Waals surface area contributed by atoms with Crippen LogP contribution in [0.3, 0.4) is 0 Å². The van der Waals surface area contributed by atoms with E-state index in [1.165, 1.54) is 0 Å². The number of carbonyl (C=O) groups is 2. The number of carbonyl (C=O) groups excluding carboxylic acids is 2. The number of nitrogens with one attached hydrogen (secondary N) is 2. The Kier molecular flexibility index (Phi) is 6.46. The normalized spacial score (nSPS) is 21.2. The van der Waals surface area contributed by atoms with Gasteiger partial charge in [0.05, 0.1) is 12.1 Å². The molecule has 116 valence electrons. The summed E-state index contributed by atoms with van der Waals surface area (Å²) in [6.45, 7) is 8.95. The molecule has 0 aromatic rings. The molecular formula is C15H29N3O2. The molecule has 5 nitrogen and oxygen atoms in total. The number of amides is 2. The van der Waals surface area contributed by atoms with Gasteiger partial charge in [-0.25, -0.2) is 0 Å². The first kappa shape index (κ1) is 17.0. The quantitative estimate of drug-likeness (QED) is 0.768. The number of nitrogens with zero attached hydrogens (tertiary/aromatic N) is 1. The van der Waals surface area contributed by atoms with Crippen LogP contribution in [0, 0.1) is 5.92 Å². The van der Waals surface area contributed by atoms with Crippen LogP contribution in [0.5, 0.6) is 0 Å². The van der Waals surface area contributed by atoms with Crippen molar-refractivity contribution in [2.45, 2.75) is 65.1 Å². The molecule has 0 aliphatic carbocycles. The van der Waals surface area contributed by atoms with Gasteiger partial charge in [0.2, 0.25) is 11.8 Å². The van der Waals surface area contributed by atoms with Crippen LogP contribution >= 0.6 is 0 Å². The van der Waals surface area contributed by atoms with Crippen molar-refractivity contribution in [3.8, 4) is 0 Å². The van der Waals surface area contributed by atoms with Crippen LogP contribution in [-0.2, 0) is 9.59 Å². The SMILES string of the molecule is CNC(=O)C(CC(C)C)N1CCCC1C(=O)NC(C)C. The van der Waals surface area contributed by atoms with Gasteiger partial charge in [-0.2, -0.15) is 0 Å². The zero-order valence-electron chi connectivity index (χ0n) is 13.4. The summed E-state index contributed by atoms with van der Waals surface area (Å²) in [6, 6.07) is -0.239. The number of likely N-dealkylation sites (tertiary alicyclic amines) is 1. The summed E-state index contributed by atoms with van der Waals surface area (Å²) < 4.78 is 0. The predicted octanol–water partition coefficient (Wildman–Crippen LogP) is 1.14. The fraction of sp³-hybridized carbons (Fsp3) is 0.867.